The van der Waals surface area contributed by atoms with E-state index in [1.165, 1.54) is 0 Å². The molecule has 0 amide bonds. The molecule has 0 saturated heterocycles. The summed E-state index contributed by atoms with van der Waals surface area (Å²) < 4.78 is 13.7. The Balaban J connectivity index is 5.12. The minimum absolute atomic E-state index is 0.0522. The molecule has 0 rings (SSSR count). The molecule has 0 fully saturated rings. The van der Waals surface area contributed by atoms with Gasteiger partial charge in [-0.2, -0.15) is 0 Å². The predicted octanol–water partition coefficient (Wildman–Crippen LogP) is 1.13. The molecule has 0 aromatic carbocycles. The molecule has 0 aliphatic heterocycles. The van der Waals surface area contributed by atoms with Crippen LogP contribution < -0.4 is 0 Å². The molecule has 0 radical (unpaired) electrons. The maximum Gasteiger partial charge on any atom is 0.376 e. The van der Waals surface area contributed by atoms with Crippen LogP contribution in [0.25, 0.3) is 0 Å². The largest absolute Gasteiger partial charge is 0.462 e. The highest BCUT2D eigenvalue weighted by atomic mass is 35.5. The molecule has 6 nitrogen and oxygen atoms in total. The Morgan fingerprint density at radius 1 is 1.00 bits per heavy atom. The summed E-state index contributed by atoms with van der Waals surface area (Å²) in [7, 11) is 0. The van der Waals surface area contributed by atoms with Gasteiger partial charge in [0, 0.05) is 6.92 Å². The third kappa shape index (κ3) is 5.35. The van der Waals surface area contributed by atoms with E-state index in [1.807, 2.05) is 0 Å². The van der Waals surface area contributed by atoms with Gasteiger partial charge in [-0.25, -0.2) is 9.59 Å². The van der Waals surface area contributed by atoms with Gasteiger partial charge in [-0.15, -0.1) is 0 Å². The zero-order valence-electron chi connectivity index (χ0n) is 9.74. The quantitative estimate of drug-likeness (QED) is 0.320. The van der Waals surface area contributed by atoms with Gasteiger partial charge in [-0.3, -0.25) is 4.79 Å². The molecule has 0 aliphatic rings. The summed E-state index contributed by atoms with van der Waals surface area (Å²) in [6, 6.07) is 0. The summed E-state index contributed by atoms with van der Waals surface area (Å²) >= 11 is 5.58. The van der Waals surface area contributed by atoms with Crippen molar-refractivity contribution >= 4 is 29.5 Å². The molecule has 0 saturated carbocycles. The van der Waals surface area contributed by atoms with Crippen LogP contribution in [0.1, 0.15) is 20.8 Å². The van der Waals surface area contributed by atoms with Gasteiger partial charge in [0.15, 0.2) is 5.03 Å². The van der Waals surface area contributed by atoms with Gasteiger partial charge in [0.05, 0.1) is 13.2 Å². The number of rotatable bonds is 5. The number of carbonyl (C=O) groups excluding carboxylic acids is 3. The highest BCUT2D eigenvalue weighted by Crippen LogP contribution is 2.15. The van der Waals surface area contributed by atoms with Crippen molar-refractivity contribution < 1.29 is 28.6 Å². The van der Waals surface area contributed by atoms with Crippen molar-refractivity contribution in [3.05, 3.63) is 10.8 Å². The van der Waals surface area contributed by atoms with Crippen LogP contribution in [0.3, 0.4) is 0 Å². The van der Waals surface area contributed by atoms with Gasteiger partial charge in [-0.05, 0) is 13.8 Å². The SMILES string of the molecule is CCOC(=O)/C(Cl)=C(\OC(C)=O)C(=O)OCC. The van der Waals surface area contributed by atoms with E-state index in [1.54, 1.807) is 13.8 Å². The Hall–Kier alpha value is -1.56. The lowest BCUT2D eigenvalue weighted by Gasteiger charge is -2.08. The van der Waals surface area contributed by atoms with Crippen LogP contribution in [0.2, 0.25) is 0 Å². The molecular formula is C10H13ClO6. The summed E-state index contributed by atoms with van der Waals surface area (Å²) in [4.78, 5) is 33.4. The minimum Gasteiger partial charge on any atom is -0.462 e. The van der Waals surface area contributed by atoms with E-state index >= 15 is 0 Å². The van der Waals surface area contributed by atoms with E-state index < -0.39 is 28.7 Å². The number of esters is 3. The van der Waals surface area contributed by atoms with Gasteiger partial charge >= 0.3 is 17.9 Å². The highest BCUT2D eigenvalue weighted by molar-refractivity contribution is 6.43. The summed E-state index contributed by atoms with van der Waals surface area (Å²) in [5.41, 5.74) is 0. The van der Waals surface area contributed by atoms with Gasteiger partial charge in [0.25, 0.3) is 0 Å². The van der Waals surface area contributed by atoms with Crippen LogP contribution in [0.5, 0.6) is 0 Å². The maximum atomic E-state index is 11.4. The van der Waals surface area contributed by atoms with E-state index in [9.17, 15) is 14.4 Å². The van der Waals surface area contributed by atoms with Crippen molar-refractivity contribution in [1.29, 1.82) is 0 Å². The van der Waals surface area contributed by atoms with Crippen LogP contribution in [-0.2, 0) is 28.6 Å². The zero-order valence-corrected chi connectivity index (χ0v) is 10.5. The maximum absolute atomic E-state index is 11.4. The molecule has 96 valence electrons. The Bertz CT molecular complexity index is 347. The summed E-state index contributed by atoms with van der Waals surface area (Å²) in [6.07, 6.45) is 0. The first kappa shape index (κ1) is 15.4. The monoisotopic (exact) mass is 264 g/mol. The Kier molecular flexibility index (Phi) is 6.97. The summed E-state index contributed by atoms with van der Waals surface area (Å²) in [6.45, 7) is 4.32. The van der Waals surface area contributed by atoms with Crippen LogP contribution >= 0.6 is 11.6 Å². The summed E-state index contributed by atoms with van der Waals surface area (Å²) in [5, 5.41) is -0.625. The van der Waals surface area contributed by atoms with E-state index in [-0.39, 0.29) is 13.2 Å². The van der Waals surface area contributed by atoms with Crippen molar-refractivity contribution in [3.63, 3.8) is 0 Å². The number of carbonyl (C=O) groups is 3. The Morgan fingerprint density at radius 3 is 1.88 bits per heavy atom. The number of hydrogen-bond donors (Lipinski definition) is 0. The number of halogens is 1. The molecule has 0 N–H and O–H groups in total. The number of hydrogen-bond acceptors (Lipinski definition) is 6. The second-order valence-corrected chi connectivity index (χ2v) is 3.06. The molecule has 0 aromatic heterocycles. The molecule has 0 aromatic rings. The van der Waals surface area contributed by atoms with Crippen molar-refractivity contribution in [2.75, 3.05) is 13.2 Å². The third-order valence-electron chi connectivity index (χ3n) is 1.36. The molecule has 0 aliphatic carbocycles. The average molecular weight is 265 g/mol. The van der Waals surface area contributed by atoms with Crippen molar-refractivity contribution in [2.24, 2.45) is 0 Å². The normalized spacial score (nSPS) is 11.3. The fourth-order valence-corrected chi connectivity index (χ4v) is 0.974. The first-order chi connectivity index (χ1) is 7.93. The van der Waals surface area contributed by atoms with Crippen molar-refractivity contribution in [1.82, 2.24) is 0 Å². The first-order valence-corrected chi connectivity index (χ1v) is 5.24. The lowest BCUT2D eigenvalue weighted by Crippen LogP contribution is -2.18. The third-order valence-corrected chi connectivity index (χ3v) is 1.69. The molecule has 17 heavy (non-hydrogen) atoms. The lowest BCUT2D eigenvalue weighted by molar-refractivity contribution is -0.151. The predicted molar refractivity (Wildman–Crippen MR) is 57.9 cm³/mol. The summed E-state index contributed by atoms with van der Waals surface area (Å²) in [5.74, 6) is -3.42. The lowest BCUT2D eigenvalue weighted by atomic mass is 10.4. The van der Waals surface area contributed by atoms with Crippen LogP contribution in [0.15, 0.2) is 10.8 Å². The van der Waals surface area contributed by atoms with Gasteiger partial charge in [0.1, 0.15) is 0 Å². The number of ether oxygens (including phenoxy) is 3. The van der Waals surface area contributed by atoms with Crippen LogP contribution in [0.4, 0.5) is 0 Å². The standard InChI is InChI=1S/C10H13ClO6/c1-4-15-9(13)7(11)8(17-6(3)12)10(14)16-5-2/h4-5H2,1-3H3/b8-7+. The van der Waals surface area contributed by atoms with Crippen LogP contribution in [0, 0.1) is 0 Å². The molecule has 0 unspecified atom stereocenters. The van der Waals surface area contributed by atoms with Gasteiger partial charge < -0.3 is 14.2 Å². The topological polar surface area (TPSA) is 78.9 Å². The molecular weight excluding hydrogens is 252 g/mol. The average Bonchev–Trinajstić information content (AvgIpc) is 2.25. The molecule has 0 spiro atoms. The molecule has 0 heterocycles. The Labute approximate surface area is 103 Å². The second kappa shape index (κ2) is 7.67. The fourth-order valence-electron chi connectivity index (χ4n) is 0.804. The fraction of sp³-hybridized carbons (Fsp3) is 0.500. The zero-order chi connectivity index (χ0) is 13.4. The Morgan fingerprint density at radius 2 is 1.47 bits per heavy atom. The molecule has 7 heteroatoms. The first-order valence-electron chi connectivity index (χ1n) is 4.86. The minimum atomic E-state index is -0.999. The smallest absolute Gasteiger partial charge is 0.376 e. The van der Waals surface area contributed by atoms with Gasteiger partial charge in [-0.1, -0.05) is 11.6 Å². The van der Waals surface area contributed by atoms with Crippen LogP contribution in [-0.4, -0.2) is 31.1 Å². The van der Waals surface area contributed by atoms with E-state index in [0.29, 0.717) is 0 Å². The van der Waals surface area contributed by atoms with Crippen molar-refractivity contribution in [2.45, 2.75) is 20.8 Å². The van der Waals surface area contributed by atoms with Crippen molar-refractivity contribution in [3.8, 4) is 0 Å². The van der Waals surface area contributed by atoms with E-state index in [2.05, 4.69) is 14.2 Å². The van der Waals surface area contributed by atoms with E-state index in [4.69, 9.17) is 11.6 Å². The second-order valence-electron chi connectivity index (χ2n) is 2.68. The van der Waals surface area contributed by atoms with Gasteiger partial charge in [0.2, 0.25) is 5.76 Å². The highest BCUT2D eigenvalue weighted by Gasteiger charge is 2.25. The van der Waals surface area contributed by atoms with E-state index in [0.717, 1.165) is 6.92 Å². The molecule has 0 bridgehead atoms. The molecule has 0 atom stereocenters.